The van der Waals surface area contributed by atoms with Gasteiger partial charge in [-0.05, 0) is 36.2 Å². The third-order valence-corrected chi connectivity index (χ3v) is 3.00. The Labute approximate surface area is 120 Å². The van der Waals surface area contributed by atoms with Gasteiger partial charge in [0.15, 0.2) is 0 Å². The van der Waals surface area contributed by atoms with E-state index in [-0.39, 0.29) is 0 Å². The zero-order chi connectivity index (χ0) is 14.2. The minimum absolute atomic E-state index is 0.383. The van der Waals surface area contributed by atoms with E-state index in [1.54, 1.807) is 0 Å². The molecule has 0 aliphatic rings. The van der Waals surface area contributed by atoms with Crippen molar-refractivity contribution in [2.45, 2.75) is 13.3 Å². The molecule has 0 unspecified atom stereocenters. The first-order valence-electron chi connectivity index (χ1n) is 6.76. The monoisotopic (exact) mass is 265 g/mol. The minimum atomic E-state index is 0.383. The van der Waals surface area contributed by atoms with Gasteiger partial charge in [0.05, 0.1) is 13.2 Å². The van der Waals surface area contributed by atoms with E-state index in [2.05, 4.69) is 24.0 Å². The molecule has 0 heterocycles. The summed E-state index contributed by atoms with van der Waals surface area (Å²) in [6, 6.07) is 16.3. The topological polar surface area (TPSA) is 35.2 Å². The highest BCUT2D eigenvalue weighted by Crippen LogP contribution is 2.19. The zero-order valence-electron chi connectivity index (χ0n) is 11.7. The van der Waals surface area contributed by atoms with E-state index in [0.29, 0.717) is 13.2 Å². The summed E-state index contributed by atoms with van der Waals surface area (Å²) in [4.78, 5) is 0. The summed E-state index contributed by atoms with van der Waals surface area (Å²) in [7, 11) is 0. The fraction of sp³-hybridized carbons (Fsp3) is 0.222. The summed E-state index contributed by atoms with van der Waals surface area (Å²) < 4.78 is 5.83. The summed E-state index contributed by atoms with van der Waals surface area (Å²) in [5.74, 6) is 6.79. The summed E-state index contributed by atoms with van der Waals surface area (Å²) in [5.41, 5.74) is 8.73. The number of ether oxygens (including phenoxy) is 1. The van der Waals surface area contributed by atoms with Crippen molar-refractivity contribution in [3.8, 4) is 17.6 Å². The molecule has 102 valence electrons. The molecule has 0 spiro atoms. The van der Waals surface area contributed by atoms with E-state index in [0.717, 1.165) is 23.3 Å². The fourth-order valence-corrected chi connectivity index (χ4v) is 1.97. The normalized spacial score (nSPS) is 9.70. The van der Waals surface area contributed by atoms with Crippen LogP contribution in [-0.4, -0.2) is 13.2 Å². The fourth-order valence-electron chi connectivity index (χ4n) is 1.97. The van der Waals surface area contributed by atoms with Crippen molar-refractivity contribution in [3.05, 3.63) is 65.2 Å². The quantitative estimate of drug-likeness (QED) is 0.863. The molecule has 0 atom stereocenters. The van der Waals surface area contributed by atoms with Crippen LogP contribution in [0.2, 0.25) is 0 Å². The van der Waals surface area contributed by atoms with Crippen LogP contribution in [0.15, 0.2) is 48.5 Å². The van der Waals surface area contributed by atoms with Crippen molar-refractivity contribution in [3.63, 3.8) is 0 Å². The molecule has 2 N–H and O–H groups in total. The molecule has 2 rings (SSSR count). The smallest absolute Gasteiger partial charge is 0.122 e. The third-order valence-electron chi connectivity index (χ3n) is 3.00. The Bertz CT molecular complexity index is 608. The molecule has 0 saturated heterocycles. The number of hydrogen-bond donors (Lipinski definition) is 1. The van der Waals surface area contributed by atoms with Gasteiger partial charge in [0.1, 0.15) is 5.75 Å². The maximum absolute atomic E-state index is 5.83. The van der Waals surface area contributed by atoms with Crippen molar-refractivity contribution in [1.29, 1.82) is 0 Å². The Morgan fingerprint density at radius 2 is 1.90 bits per heavy atom. The molecule has 20 heavy (non-hydrogen) atoms. The van der Waals surface area contributed by atoms with Gasteiger partial charge < -0.3 is 10.5 Å². The Hall–Kier alpha value is -2.24. The largest absolute Gasteiger partial charge is 0.493 e. The lowest BCUT2D eigenvalue weighted by Gasteiger charge is -2.09. The van der Waals surface area contributed by atoms with Gasteiger partial charge in [-0.3, -0.25) is 0 Å². The van der Waals surface area contributed by atoms with E-state index in [1.165, 1.54) is 5.56 Å². The van der Waals surface area contributed by atoms with E-state index in [1.807, 2.05) is 43.3 Å². The first-order chi connectivity index (χ1) is 9.79. The van der Waals surface area contributed by atoms with Crippen LogP contribution in [0.3, 0.4) is 0 Å². The van der Waals surface area contributed by atoms with Gasteiger partial charge in [-0.1, -0.05) is 42.2 Å². The molecule has 2 aromatic carbocycles. The summed E-state index contributed by atoms with van der Waals surface area (Å²) in [6.07, 6.45) is 0.912. The third kappa shape index (κ3) is 4.15. The van der Waals surface area contributed by atoms with Gasteiger partial charge >= 0.3 is 0 Å². The molecule has 2 aromatic rings. The molecule has 0 radical (unpaired) electrons. The number of benzene rings is 2. The Morgan fingerprint density at radius 3 is 2.60 bits per heavy atom. The van der Waals surface area contributed by atoms with Crippen molar-refractivity contribution in [2.75, 3.05) is 13.2 Å². The maximum atomic E-state index is 5.83. The van der Waals surface area contributed by atoms with Gasteiger partial charge in [0.2, 0.25) is 0 Å². The van der Waals surface area contributed by atoms with Crippen LogP contribution in [0, 0.1) is 18.8 Å². The van der Waals surface area contributed by atoms with Crippen LogP contribution in [0.25, 0.3) is 0 Å². The van der Waals surface area contributed by atoms with Crippen LogP contribution < -0.4 is 10.5 Å². The standard InChI is InChI=1S/C18H19NO/c1-15-14-17(8-5-12-19)9-10-18(15)20-13-11-16-6-3-2-4-7-16/h2-4,6-7,9-10,14H,11-13,19H2,1H3. The molecule has 0 bridgehead atoms. The van der Waals surface area contributed by atoms with Crippen molar-refractivity contribution in [1.82, 2.24) is 0 Å². The van der Waals surface area contributed by atoms with E-state index in [4.69, 9.17) is 10.5 Å². The van der Waals surface area contributed by atoms with Gasteiger partial charge in [0, 0.05) is 12.0 Å². The summed E-state index contributed by atoms with van der Waals surface area (Å²) >= 11 is 0. The highest BCUT2D eigenvalue weighted by Gasteiger charge is 2.00. The second kappa shape index (κ2) is 7.37. The maximum Gasteiger partial charge on any atom is 0.122 e. The number of aryl methyl sites for hydroxylation is 1. The number of hydrogen-bond acceptors (Lipinski definition) is 2. The predicted molar refractivity (Wildman–Crippen MR) is 82.8 cm³/mol. The Balaban J connectivity index is 1.93. The van der Waals surface area contributed by atoms with Crippen molar-refractivity contribution >= 4 is 0 Å². The van der Waals surface area contributed by atoms with Crippen molar-refractivity contribution < 1.29 is 4.74 Å². The molecule has 2 nitrogen and oxygen atoms in total. The van der Waals surface area contributed by atoms with Crippen LogP contribution in [-0.2, 0) is 6.42 Å². The SMILES string of the molecule is Cc1cc(C#CCN)ccc1OCCc1ccccc1. The average Bonchev–Trinajstić information content (AvgIpc) is 2.48. The van der Waals surface area contributed by atoms with Crippen LogP contribution in [0.4, 0.5) is 0 Å². The minimum Gasteiger partial charge on any atom is -0.493 e. The molecule has 2 heteroatoms. The van der Waals surface area contributed by atoms with Gasteiger partial charge in [0.25, 0.3) is 0 Å². The molecule has 0 aliphatic heterocycles. The van der Waals surface area contributed by atoms with E-state index in [9.17, 15) is 0 Å². The molecule has 0 saturated carbocycles. The Morgan fingerprint density at radius 1 is 1.10 bits per heavy atom. The molecule has 0 amide bonds. The van der Waals surface area contributed by atoms with Gasteiger partial charge in [-0.15, -0.1) is 0 Å². The summed E-state index contributed by atoms with van der Waals surface area (Å²) in [6.45, 7) is 3.10. The number of rotatable bonds is 4. The lowest BCUT2D eigenvalue weighted by atomic mass is 10.1. The van der Waals surface area contributed by atoms with Crippen LogP contribution in [0.5, 0.6) is 5.75 Å². The highest BCUT2D eigenvalue weighted by atomic mass is 16.5. The number of nitrogens with two attached hydrogens (primary N) is 1. The average molecular weight is 265 g/mol. The lowest BCUT2D eigenvalue weighted by Crippen LogP contribution is -2.02. The highest BCUT2D eigenvalue weighted by molar-refractivity contribution is 5.43. The molecular weight excluding hydrogens is 246 g/mol. The molecule has 0 aliphatic carbocycles. The zero-order valence-corrected chi connectivity index (χ0v) is 11.7. The van der Waals surface area contributed by atoms with E-state index < -0.39 is 0 Å². The molecule has 0 aromatic heterocycles. The van der Waals surface area contributed by atoms with E-state index >= 15 is 0 Å². The van der Waals surface area contributed by atoms with Crippen LogP contribution >= 0.6 is 0 Å². The first kappa shape index (κ1) is 14.2. The second-order valence-corrected chi connectivity index (χ2v) is 4.57. The molecular formula is C18H19NO. The van der Waals surface area contributed by atoms with Gasteiger partial charge in [-0.25, -0.2) is 0 Å². The molecule has 0 fully saturated rings. The second-order valence-electron chi connectivity index (χ2n) is 4.57. The first-order valence-corrected chi connectivity index (χ1v) is 6.76. The van der Waals surface area contributed by atoms with Gasteiger partial charge in [-0.2, -0.15) is 0 Å². The lowest BCUT2D eigenvalue weighted by molar-refractivity contribution is 0.320. The Kier molecular flexibility index (Phi) is 5.23. The van der Waals surface area contributed by atoms with Crippen LogP contribution in [0.1, 0.15) is 16.7 Å². The van der Waals surface area contributed by atoms with Crippen molar-refractivity contribution in [2.24, 2.45) is 5.73 Å². The summed E-state index contributed by atoms with van der Waals surface area (Å²) in [5, 5.41) is 0. The predicted octanol–water partition coefficient (Wildman–Crippen LogP) is 2.93.